The Balaban J connectivity index is 1.72. The molecule has 0 unspecified atom stereocenters. The molecule has 2 heterocycles. The van der Waals surface area contributed by atoms with Crippen molar-refractivity contribution in [1.82, 2.24) is 4.57 Å². The third-order valence-corrected chi connectivity index (χ3v) is 4.96. The van der Waals surface area contributed by atoms with Gasteiger partial charge in [-0.2, -0.15) is 0 Å². The van der Waals surface area contributed by atoms with Crippen molar-refractivity contribution in [3.8, 4) is 0 Å². The van der Waals surface area contributed by atoms with Crippen LogP contribution >= 0.6 is 11.3 Å². The topological polar surface area (TPSA) is 34.0 Å². The molecule has 0 bridgehead atoms. The van der Waals surface area contributed by atoms with Crippen LogP contribution in [0.2, 0.25) is 0 Å². The number of carbonyl (C=O) groups excluding carboxylic acids is 1. The Kier molecular flexibility index (Phi) is 4.26. The molecule has 0 saturated carbocycles. The van der Waals surface area contributed by atoms with E-state index >= 15 is 0 Å². The van der Waals surface area contributed by atoms with Crippen LogP contribution in [0.15, 0.2) is 66.0 Å². The molecule has 3 nitrogen and oxygen atoms in total. The van der Waals surface area contributed by atoms with Crippen LogP contribution in [0.5, 0.6) is 0 Å². The number of hydrogen-bond donors (Lipinski definition) is 1. The number of para-hydroxylation sites is 1. The highest BCUT2D eigenvalue weighted by atomic mass is 32.1. The first-order valence-electron chi connectivity index (χ1n) is 7.99. The highest BCUT2D eigenvalue weighted by molar-refractivity contribution is 7.17. The van der Waals surface area contributed by atoms with Gasteiger partial charge in [0.05, 0.1) is 15.9 Å². The van der Waals surface area contributed by atoms with Crippen molar-refractivity contribution in [1.29, 1.82) is 0 Å². The third-order valence-electron chi connectivity index (χ3n) is 4.11. The molecule has 2 aromatic heterocycles. The smallest absolute Gasteiger partial charge is 0.272 e. The van der Waals surface area contributed by atoms with Crippen molar-refractivity contribution in [2.75, 3.05) is 5.32 Å². The number of nitrogens with zero attached hydrogens (tertiary/aromatic N) is 1. The molecule has 0 aliphatic rings. The predicted octanol–water partition coefficient (Wildman–Crippen LogP) is 5.28. The SMILES string of the molecule is O=C(Nc1ccccc1F)c1cc2sccc2n1Cc1cccc(F)c1. The average Bonchev–Trinajstić information content (AvgIpc) is 3.20. The van der Waals surface area contributed by atoms with E-state index in [4.69, 9.17) is 0 Å². The van der Waals surface area contributed by atoms with E-state index in [1.807, 2.05) is 16.0 Å². The van der Waals surface area contributed by atoms with Crippen molar-refractivity contribution in [3.05, 3.63) is 88.9 Å². The summed E-state index contributed by atoms with van der Waals surface area (Å²) in [6.07, 6.45) is 0. The van der Waals surface area contributed by atoms with Crippen LogP contribution in [-0.4, -0.2) is 10.5 Å². The van der Waals surface area contributed by atoms with Crippen molar-refractivity contribution >= 4 is 33.1 Å². The Labute approximate surface area is 152 Å². The zero-order valence-corrected chi connectivity index (χ0v) is 14.4. The van der Waals surface area contributed by atoms with Crippen LogP contribution < -0.4 is 5.32 Å². The fourth-order valence-electron chi connectivity index (χ4n) is 2.90. The number of anilines is 1. The van der Waals surface area contributed by atoms with E-state index in [0.29, 0.717) is 12.2 Å². The van der Waals surface area contributed by atoms with Gasteiger partial charge >= 0.3 is 0 Å². The van der Waals surface area contributed by atoms with Gasteiger partial charge in [-0.1, -0.05) is 24.3 Å². The lowest BCUT2D eigenvalue weighted by Gasteiger charge is -2.11. The second kappa shape index (κ2) is 6.72. The highest BCUT2D eigenvalue weighted by Gasteiger charge is 2.18. The summed E-state index contributed by atoms with van der Waals surface area (Å²) >= 11 is 1.51. The molecule has 26 heavy (non-hydrogen) atoms. The van der Waals surface area contributed by atoms with E-state index in [9.17, 15) is 13.6 Å². The van der Waals surface area contributed by atoms with Crippen molar-refractivity contribution in [3.63, 3.8) is 0 Å². The molecule has 0 fully saturated rings. The minimum atomic E-state index is -0.495. The molecule has 4 aromatic rings. The van der Waals surface area contributed by atoms with Gasteiger partial charge < -0.3 is 9.88 Å². The highest BCUT2D eigenvalue weighted by Crippen LogP contribution is 2.27. The lowest BCUT2D eigenvalue weighted by atomic mass is 10.2. The van der Waals surface area contributed by atoms with Gasteiger partial charge in [0.15, 0.2) is 0 Å². The van der Waals surface area contributed by atoms with Crippen LogP contribution in [0, 0.1) is 11.6 Å². The standard InChI is InChI=1S/C20H14F2N2OS/c21-14-5-3-4-13(10-14)12-24-17-8-9-26-19(17)11-18(24)20(25)23-16-7-2-1-6-15(16)22/h1-11H,12H2,(H,23,25). The second-order valence-electron chi connectivity index (χ2n) is 5.85. The van der Waals surface area contributed by atoms with Gasteiger partial charge in [0, 0.05) is 6.54 Å². The first-order valence-corrected chi connectivity index (χ1v) is 8.87. The Bertz CT molecular complexity index is 1100. The molecule has 4 rings (SSSR count). The van der Waals surface area contributed by atoms with E-state index in [0.717, 1.165) is 15.8 Å². The van der Waals surface area contributed by atoms with Gasteiger partial charge in [0.1, 0.15) is 17.3 Å². The largest absolute Gasteiger partial charge is 0.331 e. The third kappa shape index (κ3) is 3.11. The molecular formula is C20H14F2N2OS. The molecule has 0 aliphatic heterocycles. The first-order chi connectivity index (χ1) is 12.6. The zero-order valence-electron chi connectivity index (χ0n) is 13.6. The quantitative estimate of drug-likeness (QED) is 0.522. The van der Waals surface area contributed by atoms with Gasteiger partial charge in [0.25, 0.3) is 5.91 Å². The van der Waals surface area contributed by atoms with Crippen LogP contribution in [-0.2, 0) is 6.54 Å². The summed E-state index contributed by atoms with van der Waals surface area (Å²) < 4.78 is 30.1. The van der Waals surface area contributed by atoms with E-state index < -0.39 is 11.7 Å². The molecular weight excluding hydrogens is 354 g/mol. The summed E-state index contributed by atoms with van der Waals surface area (Å²) in [6, 6.07) is 16.0. The van der Waals surface area contributed by atoms with E-state index in [-0.39, 0.29) is 11.5 Å². The maximum absolute atomic E-state index is 13.8. The molecule has 0 radical (unpaired) electrons. The number of halogens is 2. The average molecular weight is 368 g/mol. The minimum absolute atomic E-state index is 0.124. The predicted molar refractivity (Wildman–Crippen MR) is 99.7 cm³/mol. The number of hydrogen-bond acceptors (Lipinski definition) is 2. The molecule has 6 heteroatoms. The zero-order chi connectivity index (χ0) is 18.1. The van der Waals surface area contributed by atoms with Gasteiger partial charge in [-0.05, 0) is 47.3 Å². The number of thiophene rings is 1. The Hall–Kier alpha value is -2.99. The molecule has 1 N–H and O–H groups in total. The molecule has 130 valence electrons. The van der Waals surface area contributed by atoms with Crippen LogP contribution in [0.4, 0.5) is 14.5 Å². The number of aromatic nitrogens is 1. The Morgan fingerprint density at radius 3 is 2.69 bits per heavy atom. The minimum Gasteiger partial charge on any atom is -0.331 e. The van der Waals surface area contributed by atoms with Gasteiger partial charge in [0.2, 0.25) is 0 Å². The molecule has 2 aromatic carbocycles. The van der Waals surface area contributed by atoms with Gasteiger partial charge in [-0.15, -0.1) is 11.3 Å². The fraction of sp³-hybridized carbons (Fsp3) is 0.0500. The number of fused-ring (bicyclic) bond motifs is 1. The number of nitrogens with one attached hydrogen (secondary N) is 1. The maximum atomic E-state index is 13.8. The van der Waals surface area contributed by atoms with E-state index in [2.05, 4.69) is 5.32 Å². The van der Waals surface area contributed by atoms with Crippen molar-refractivity contribution < 1.29 is 13.6 Å². The monoisotopic (exact) mass is 368 g/mol. The summed E-state index contributed by atoms with van der Waals surface area (Å²) in [5.41, 5.74) is 2.16. The maximum Gasteiger partial charge on any atom is 0.272 e. The number of carbonyl (C=O) groups is 1. The normalized spacial score (nSPS) is 11.0. The first kappa shape index (κ1) is 16.5. The molecule has 0 saturated heterocycles. The summed E-state index contributed by atoms with van der Waals surface area (Å²) in [5, 5.41) is 4.55. The van der Waals surface area contributed by atoms with E-state index in [1.165, 1.54) is 35.6 Å². The lowest BCUT2D eigenvalue weighted by Crippen LogP contribution is -2.18. The van der Waals surface area contributed by atoms with Gasteiger partial charge in [-0.3, -0.25) is 4.79 Å². The van der Waals surface area contributed by atoms with Crippen LogP contribution in [0.25, 0.3) is 10.2 Å². The van der Waals surface area contributed by atoms with Crippen molar-refractivity contribution in [2.24, 2.45) is 0 Å². The second-order valence-corrected chi connectivity index (χ2v) is 6.80. The van der Waals surface area contributed by atoms with E-state index in [1.54, 1.807) is 30.3 Å². The summed E-state index contributed by atoms with van der Waals surface area (Å²) in [4.78, 5) is 12.7. The number of benzene rings is 2. The summed E-state index contributed by atoms with van der Waals surface area (Å²) in [6.45, 7) is 0.345. The molecule has 1 amide bonds. The molecule has 0 aliphatic carbocycles. The number of amides is 1. The fourth-order valence-corrected chi connectivity index (χ4v) is 3.72. The number of rotatable bonds is 4. The molecule has 0 atom stereocenters. The Morgan fingerprint density at radius 1 is 1.04 bits per heavy atom. The lowest BCUT2D eigenvalue weighted by molar-refractivity contribution is 0.101. The molecule has 0 spiro atoms. The Morgan fingerprint density at radius 2 is 1.88 bits per heavy atom. The van der Waals surface area contributed by atoms with Crippen LogP contribution in [0.3, 0.4) is 0 Å². The van der Waals surface area contributed by atoms with Crippen molar-refractivity contribution in [2.45, 2.75) is 6.54 Å². The summed E-state index contributed by atoms with van der Waals surface area (Å²) in [7, 11) is 0. The van der Waals surface area contributed by atoms with Gasteiger partial charge in [-0.25, -0.2) is 8.78 Å². The van der Waals surface area contributed by atoms with Crippen LogP contribution in [0.1, 0.15) is 16.1 Å². The summed E-state index contributed by atoms with van der Waals surface area (Å²) in [5.74, 6) is -1.23.